The maximum atomic E-state index is 12.6. The van der Waals surface area contributed by atoms with E-state index >= 15 is 0 Å². The summed E-state index contributed by atoms with van der Waals surface area (Å²) >= 11 is 0. The van der Waals surface area contributed by atoms with Crippen LogP contribution in [0.5, 0.6) is 0 Å². The zero-order valence-electron chi connectivity index (χ0n) is 13.2. The monoisotopic (exact) mass is 379 g/mol. The molecule has 12 heteroatoms. The summed E-state index contributed by atoms with van der Waals surface area (Å²) in [6.45, 7) is 1.72. The quantitative estimate of drug-likeness (QED) is 0.871. The van der Waals surface area contributed by atoms with Gasteiger partial charge >= 0.3 is 6.18 Å². The molecule has 0 amide bonds. The van der Waals surface area contributed by atoms with E-state index in [0.29, 0.717) is 12.8 Å². The Morgan fingerprint density at radius 3 is 2.44 bits per heavy atom. The van der Waals surface area contributed by atoms with Gasteiger partial charge in [-0.05, 0) is 25.8 Å². The molecule has 2 aromatic rings. The molecule has 0 saturated carbocycles. The lowest BCUT2D eigenvalue weighted by atomic mass is 10.1. The first-order chi connectivity index (χ1) is 11.6. The standard InChI is InChI=1S/C13H16F3N5O3S/c1-8-11(12(17)19-24-8)25(22,23)20-5-2-9(3-6-20)21-7-4-10(18-21)13(14,15)16/h4,7,9H,2-3,5-6H2,1H3,(H2,17,19). The molecule has 0 spiro atoms. The molecule has 2 N–H and O–H groups in total. The first-order valence-electron chi connectivity index (χ1n) is 7.45. The molecule has 1 fully saturated rings. The van der Waals surface area contributed by atoms with Gasteiger partial charge in [0, 0.05) is 19.3 Å². The molecule has 0 unspecified atom stereocenters. The predicted octanol–water partition coefficient (Wildman–Crippen LogP) is 1.81. The Morgan fingerprint density at radius 1 is 1.32 bits per heavy atom. The Morgan fingerprint density at radius 2 is 1.96 bits per heavy atom. The summed E-state index contributed by atoms with van der Waals surface area (Å²) in [6.07, 6.45) is -2.57. The molecule has 1 aliphatic rings. The Bertz CT molecular complexity index is 846. The zero-order chi connectivity index (χ0) is 18.4. The van der Waals surface area contributed by atoms with Crippen LogP contribution in [-0.2, 0) is 16.2 Å². The summed E-state index contributed by atoms with van der Waals surface area (Å²) in [6, 6.07) is 0.605. The number of anilines is 1. The second kappa shape index (κ2) is 6.02. The maximum Gasteiger partial charge on any atom is 0.435 e. The van der Waals surface area contributed by atoms with Gasteiger partial charge in [0.15, 0.2) is 22.2 Å². The molecule has 1 saturated heterocycles. The van der Waals surface area contributed by atoms with Crippen LogP contribution in [0.2, 0.25) is 0 Å². The fraction of sp³-hybridized carbons (Fsp3) is 0.538. The summed E-state index contributed by atoms with van der Waals surface area (Å²) in [5.41, 5.74) is 4.60. The molecule has 25 heavy (non-hydrogen) atoms. The Balaban J connectivity index is 1.73. The van der Waals surface area contributed by atoms with Crippen molar-refractivity contribution in [3.63, 3.8) is 0 Å². The SMILES string of the molecule is Cc1onc(N)c1S(=O)(=O)N1CCC(n2ccc(C(F)(F)F)n2)CC1. The number of aromatic nitrogens is 3. The fourth-order valence-electron chi connectivity index (χ4n) is 2.86. The van der Waals surface area contributed by atoms with Crippen LogP contribution >= 0.6 is 0 Å². The van der Waals surface area contributed by atoms with Gasteiger partial charge < -0.3 is 10.3 Å². The number of hydrogen-bond donors (Lipinski definition) is 1. The normalized spacial score (nSPS) is 17.9. The molecule has 0 atom stereocenters. The largest absolute Gasteiger partial charge is 0.435 e. The van der Waals surface area contributed by atoms with Crippen LogP contribution in [0.3, 0.4) is 0 Å². The van der Waals surface area contributed by atoms with Crippen LogP contribution in [0.1, 0.15) is 30.3 Å². The molecule has 8 nitrogen and oxygen atoms in total. The number of sulfonamides is 1. The van der Waals surface area contributed by atoms with Gasteiger partial charge in [0.2, 0.25) is 10.0 Å². The highest BCUT2D eigenvalue weighted by Crippen LogP contribution is 2.32. The number of hydrogen-bond acceptors (Lipinski definition) is 6. The second-order valence-corrected chi connectivity index (χ2v) is 7.64. The topological polar surface area (TPSA) is 107 Å². The third-order valence-corrected chi connectivity index (χ3v) is 6.19. The van der Waals surface area contributed by atoms with Crippen LogP contribution in [0.15, 0.2) is 21.7 Å². The summed E-state index contributed by atoms with van der Waals surface area (Å²) in [7, 11) is -3.86. The summed E-state index contributed by atoms with van der Waals surface area (Å²) < 4.78 is 70.4. The number of rotatable bonds is 3. The highest BCUT2D eigenvalue weighted by atomic mass is 32.2. The minimum absolute atomic E-state index is 0.0986. The van der Waals surface area contributed by atoms with E-state index in [-0.39, 0.29) is 35.6 Å². The first kappa shape index (κ1) is 17.7. The van der Waals surface area contributed by atoms with E-state index < -0.39 is 21.9 Å². The lowest BCUT2D eigenvalue weighted by molar-refractivity contribution is -0.141. The summed E-state index contributed by atoms with van der Waals surface area (Å²) in [5.74, 6) is -0.108. The van der Waals surface area contributed by atoms with Gasteiger partial charge in [-0.2, -0.15) is 22.6 Å². The van der Waals surface area contributed by atoms with Crippen molar-refractivity contribution >= 4 is 15.8 Å². The lowest BCUT2D eigenvalue weighted by Gasteiger charge is -2.31. The van der Waals surface area contributed by atoms with E-state index in [9.17, 15) is 21.6 Å². The van der Waals surface area contributed by atoms with Gasteiger partial charge in [-0.3, -0.25) is 4.68 Å². The molecular formula is C13H16F3N5O3S. The van der Waals surface area contributed by atoms with Crippen molar-refractivity contribution < 1.29 is 26.1 Å². The molecule has 3 rings (SSSR count). The van der Waals surface area contributed by atoms with Crippen LogP contribution in [0.25, 0.3) is 0 Å². The van der Waals surface area contributed by atoms with Crippen molar-refractivity contribution in [1.82, 2.24) is 19.2 Å². The van der Waals surface area contributed by atoms with Gasteiger partial charge in [0.05, 0.1) is 6.04 Å². The minimum Gasteiger partial charge on any atom is -0.380 e. The molecule has 0 bridgehead atoms. The molecule has 0 aromatic carbocycles. The molecule has 138 valence electrons. The van der Waals surface area contributed by atoms with Gasteiger partial charge in [-0.15, -0.1) is 0 Å². The van der Waals surface area contributed by atoms with Crippen LogP contribution in [0.4, 0.5) is 19.0 Å². The number of aryl methyl sites for hydroxylation is 1. The molecule has 2 aromatic heterocycles. The Kier molecular flexibility index (Phi) is 4.27. The van der Waals surface area contributed by atoms with Crippen molar-refractivity contribution in [2.24, 2.45) is 0 Å². The average molecular weight is 379 g/mol. The van der Waals surface area contributed by atoms with Gasteiger partial charge in [-0.25, -0.2) is 8.42 Å². The molecule has 0 radical (unpaired) electrons. The van der Waals surface area contributed by atoms with Crippen LogP contribution < -0.4 is 5.73 Å². The Labute approximate surface area is 141 Å². The Hall–Kier alpha value is -2.08. The second-order valence-electron chi connectivity index (χ2n) is 5.77. The smallest absolute Gasteiger partial charge is 0.380 e. The van der Waals surface area contributed by atoms with Crippen LogP contribution in [-0.4, -0.2) is 40.7 Å². The van der Waals surface area contributed by atoms with E-state index in [1.54, 1.807) is 0 Å². The van der Waals surface area contributed by atoms with E-state index in [0.717, 1.165) is 6.07 Å². The van der Waals surface area contributed by atoms with E-state index in [2.05, 4.69) is 10.3 Å². The number of halogens is 3. The first-order valence-corrected chi connectivity index (χ1v) is 8.89. The van der Waals surface area contributed by atoms with Gasteiger partial charge in [-0.1, -0.05) is 5.16 Å². The maximum absolute atomic E-state index is 12.6. The minimum atomic E-state index is -4.50. The third kappa shape index (κ3) is 3.23. The van der Waals surface area contributed by atoms with Crippen molar-refractivity contribution in [3.8, 4) is 0 Å². The van der Waals surface area contributed by atoms with Crippen molar-refractivity contribution in [2.75, 3.05) is 18.8 Å². The third-order valence-electron chi connectivity index (χ3n) is 4.13. The number of nitrogen functional groups attached to an aromatic ring is 1. The predicted molar refractivity (Wildman–Crippen MR) is 79.9 cm³/mol. The number of nitrogens with zero attached hydrogens (tertiary/aromatic N) is 4. The highest BCUT2D eigenvalue weighted by Gasteiger charge is 2.37. The van der Waals surface area contributed by atoms with E-state index in [1.165, 1.54) is 22.1 Å². The number of piperidine rings is 1. The number of nitrogens with two attached hydrogens (primary N) is 1. The molecule has 0 aliphatic carbocycles. The highest BCUT2D eigenvalue weighted by molar-refractivity contribution is 7.89. The van der Waals surface area contributed by atoms with Crippen molar-refractivity contribution in [1.29, 1.82) is 0 Å². The van der Waals surface area contributed by atoms with Crippen molar-refractivity contribution in [3.05, 3.63) is 23.7 Å². The lowest BCUT2D eigenvalue weighted by Crippen LogP contribution is -2.39. The van der Waals surface area contributed by atoms with Crippen LogP contribution in [0, 0.1) is 6.92 Å². The zero-order valence-corrected chi connectivity index (χ0v) is 14.0. The molecule has 3 heterocycles. The fourth-order valence-corrected chi connectivity index (χ4v) is 4.52. The molecular weight excluding hydrogens is 363 g/mol. The van der Waals surface area contributed by atoms with E-state index in [4.69, 9.17) is 10.3 Å². The van der Waals surface area contributed by atoms with Crippen molar-refractivity contribution in [2.45, 2.75) is 36.9 Å². The van der Waals surface area contributed by atoms with Gasteiger partial charge in [0.1, 0.15) is 0 Å². The average Bonchev–Trinajstić information content (AvgIpc) is 3.14. The van der Waals surface area contributed by atoms with Gasteiger partial charge in [0.25, 0.3) is 0 Å². The number of alkyl halides is 3. The van der Waals surface area contributed by atoms with E-state index in [1.807, 2.05) is 0 Å². The summed E-state index contributed by atoms with van der Waals surface area (Å²) in [4.78, 5) is -0.163. The summed E-state index contributed by atoms with van der Waals surface area (Å²) in [5, 5.41) is 6.99. The molecule has 1 aliphatic heterocycles.